The number of nitrogens with zero attached hydrogens (tertiary/aromatic N) is 3. The van der Waals surface area contributed by atoms with Gasteiger partial charge >= 0.3 is 0 Å². The van der Waals surface area contributed by atoms with Crippen molar-refractivity contribution in [2.45, 2.75) is 32.7 Å². The van der Waals surface area contributed by atoms with E-state index in [0.29, 0.717) is 11.8 Å². The highest BCUT2D eigenvalue weighted by molar-refractivity contribution is 7.09. The Kier molecular flexibility index (Phi) is 7.77. The third-order valence-electron chi connectivity index (χ3n) is 5.38. The van der Waals surface area contributed by atoms with Crippen LogP contribution in [0.2, 0.25) is 0 Å². The van der Waals surface area contributed by atoms with Crippen molar-refractivity contribution in [3.8, 4) is 0 Å². The Hall–Kier alpha value is -1.11. The number of thiophene rings is 1. The molecule has 0 amide bonds. The van der Waals surface area contributed by atoms with Crippen LogP contribution >= 0.6 is 11.3 Å². The lowest BCUT2D eigenvalue weighted by atomic mass is 9.98. The highest BCUT2D eigenvalue weighted by Crippen LogP contribution is 2.21. The van der Waals surface area contributed by atoms with Gasteiger partial charge in [-0.3, -0.25) is 9.89 Å². The summed E-state index contributed by atoms with van der Waals surface area (Å²) in [4.78, 5) is 11.5. The predicted octanol–water partition coefficient (Wildman–Crippen LogP) is 2.89. The summed E-state index contributed by atoms with van der Waals surface area (Å²) in [5.74, 6) is 2.41. The lowest BCUT2D eigenvalue weighted by Crippen LogP contribution is -2.41. The van der Waals surface area contributed by atoms with Crippen molar-refractivity contribution in [2.24, 2.45) is 16.8 Å². The lowest BCUT2D eigenvalue weighted by molar-refractivity contribution is 0.157. The van der Waals surface area contributed by atoms with Gasteiger partial charge in [-0.05, 0) is 50.1 Å². The molecule has 3 heterocycles. The number of ether oxygens (including phenoxy) is 1. The van der Waals surface area contributed by atoms with Gasteiger partial charge in [0.05, 0.1) is 6.61 Å². The van der Waals surface area contributed by atoms with Crippen molar-refractivity contribution in [1.82, 2.24) is 15.1 Å². The first kappa shape index (κ1) is 19.6. The number of likely N-dealkylation sites (tertiary alicyclic amines) is 2. The molecule has 1 aromatic rings. The van der Waals surface area contributed by atoms with Gasteiger partial charge in [0, 0.05) is 57.2 Å². The molecule has 6 heteroatoms. The molecule has 0 spiro atoms. The molecule has 3 rings (SSSR count). The molecule has 0 aliphatic carbocycles. The summed E-state index contributed by atoms with van der Waals surface area (Å²) in [5, 5.41) is 5.67. The van der Waals surface area contributed by atoms with Crippen LogP contribution in [0.15, 0.2) is 22.5 Å². The molecule has 2 fully saturated rings. The molecule has 2 atom stereocenters. The third-order valence-corrected chi connectivity index (χ3v) is 6.25. The molecule has 0 saturated carbocycles. The van der Waals surface area contributed by atoms with Crippen molar-refractivity contribution in [2.75, 3.05) is 53.0 Å². The molecule has 0 radical (unpaired) electrons. The van der Waals surface area contributed by atoms with Gasteiger partial charge in [0.15, 0.2) is 5.96 Å². The Balaban J connectivity index is 1.52. The topological polar surface area (TPSA) is 40.1 Å². The fourth-order valence-corrected chi connectivity index (χ4v) is 4.85. The van der Waals surface area contributed by atoms with Gasteiger partial charge in [-0.1, -0.05) is 6.07 Å². The maximum atomic E-state index is 5.33. The molecule has 2 aliphatic heterocycles. The van der Waals surface area contributed by atoms with Crippen LogP contribution < -0.4 is 5.32 Å². The van der Waals surface area contributed by atoms with Crippen LogP contribution in [0.4, 0.5) is 0 Å². The van der Waals surface area contributed by atoms with Crippen LogP contribution in [0.3, 0.4) is 0 Å². The number of piperidine rings is 1. The van der Waals surface area contributed by atoms with Gasteiger partial charge in [0.25, 0.3) is 0 Å². The second-order valence-corrected chi connectivity index (χ2v) is 8.61. The first-order valence-corrected chi connectivity index (χ1v) is 10.9. The summed E-state index contributed by atoms with van der Waals surface area (Å²) in [6.07, 6.45) is 3.80. The fourth-order valence-electron chi connectivity index (χ4n) is 4.11. The number of guanidine groups is 1. The molecular formula is C20H34N4OS. The van der Waals surface area contributed by atoms with Crippen molar-refractivity contribution in [3.63, 3.8) is 0 Å². The van der Waals surface area contributed by atoms with Crippen LogP contribution in [-0.2, 0) is 11.3 Å². The van der Waals surface area contributed by atoms with Gasteiger partial charge in [-0.15, -0.1) is 11.3 Å². The first-order valence-electron chi connectivity index (χ1n) is 10.1. The van der Waals surface area contributed by atoms with E-state index in [1.165, 1.54) is 37.2 Å². The Bertz CT molecular complexity index is 548. The molecule has 2 unspecified atom stereocenters. The molecule has 5 nitrogen and oxygen atoms in total. The zero-order valence-electron chi connectivity index (χ0n) is 16.3. The minimum Gasteiger partial charge on any atom is -0.384 e. The average molecular weight is 379 g/mol. The Morgan fingerprint density at radius 2 is 2.23 bits per heavy atom. The molecule has 146 valence electrons. The second kappa shape index (κ2) is 10.3. The fraction of sp³-hybridized carbons (Fsp3) is 0.750. The third kappa shape index (κ3) is 5.69. The first-order chi connectivity index (χ1) is 12.8. The van der Waals surface area contributed by atoms with Crippen molar-refractivity contribution < 1.29 is 4.74 Å². The van der Waals surface area contributed by atoms with Crippen LogP contribution in [-0.4, -0.2) is 68.7 Å². The van der Waals surface area contributed by atoms with Gasteiger partial charge in [0.2, 0.25) is 0 Å². The number of rotatable bonds is 7. The van der Waals surface area contributed by atoms with Crippen LogP contribution in [0, 0.1) is 11.8 Å². The summed E-state index contributed by atoms with van der Waals surface area (Å²) < 4.78 is 5.33. The Morgan fingerprint density at radius 3 is 3.00 bits per heavy atom. The quantitative estimate of drug-likeness (QED) is 0.585. The van der Waals surface area contributed by atoms with Gasteiger partial charge in [0.1, 0.15) is 0 Å². The van der Waals surface area contributed by atoms with Crippen LogP contribution in [0.5, 0.6) is 0 Å². The standard InChI is InChI=1S/C20H34N4OS/c1-3-21-20(24-10-8-18(14-24)16-25-2)22-12-17-6-4-9-23(13-17)15-19-7-5-11-26-19/h5,7,11,17-18H,3-4,6,8-10,12-16H2,1-2H3,(H,21,22). The van der Waals surface area contributed by atoms with E-state index in [4.69, 9.17) is 9.73 Å². The average Bonchev–Trinajstić information content (AvgIpc) is 3.31. The number of nitrogens with one attached hydrogen (secondary N) is 1. The van der Waals surface area contributed by atoms with Crippen LogP contribution in [0.1, 0.15) is 31.1 Å². The number of hydrogen-bond donors (Lipinski definition) is 1. The molecule has 2 saturated heterocycles. The van der Waals surface area contributed by atoms with E-state index in [1.54, 1.807) is 7.11 Å². The minimum absolute atomic E-state index is 0.639. The van der Waals surface area contributed by atoms with E-state index in [-0.39, 0.29) is 0 Å². The van der Waals surface area contributed by atoms with Gasteiger partial charge < -0.3 is 15.0 Å². The minimum atomic E-state index is 0.639. The van der Waals surface area contributed by atoms with E-state index in [1.807, 2.05) is 11.3 Å². The largest absolute Gasteiger partial charge is 0.384 e. The maximum Gasteiger partial charge on any atom is 0.193 e. The second-order valence-electron chi connectivity index (χ2n) is 7.57. The number of aliphatic imine (C=N–C) groups is 1. The van der Waals surface area contributed by atoms with Crippen molar-refractivity contribution >= 4 is 17.3 Å². The zero-order chi connectivity index (χ0) is 18.2. The SMILES string of the molecule is CCNC(=NCC1CCCN(Cc2cccs2)C1)N1CCC(COC)C1. The van der Waals surface area contributed by atoms with Gasteiger partial charge in [-0.2, -0.15) is 0 Å². The summed E-state index contributed by atoms with van der Waals surface area (Å²) in [6, 6.07) is 4.40. The van der Waals surface area contributed by atoms with E-state index >= 15 is 0 Å². The molecule has 1 N–H and O–H groups in total. The zero-order valence-corrected chi connectivity index (χ0v) is 17.1. The molecule has 2 aliphatic rings. The highest BCUT2D eigenvalue weighted by Gasteiger charge is 2.25. The molecular weight excluding hydrogens is 344 g/mol. The Labute approximate surface area is 162 Å². The van der Waals surface area contributed by atoms with Crippen LogP contribution in [0.25, 0.3) is 0 Å². The molecule has 0 aromatic carbocycles. The summed E-state index contributed by atoms with van der Waals surface area (Å²) >= 11 is 1.87. The van der Waals surface area contributed by atoms with Crippen molar-refractivity contribution in [1.29, 1.82) is 0 Å². The highest BCUT2D eigenvalue weighted by atomic mass is 32.1. The van der Waals surface area contributed by atoms with E-state index < -0.39 is 0 Å². The molecule has 1 aromatic heterocycles. The predicted molar refractivity (Wildman–Crippen MR) is 110 cm³/mol. The number of methoxy groups -OCH3 is 1. The molecule has 0 bridgehead atoms. The summed E-state index contributed by atoms with van der Waals surface area (Å²) in [5.41, 5.74) is 0. The molecule has 26 heavy (non-hydrogen) atoms. The summed E-state index contributed by atoms with van der Waals surface area (Å²) in [6.45, 7) is 10.5. The smallest absolute Gasteiger partial charge is 0.193 e. The summed E-state index contributed by atoms with van der Waals surface area (Å²) in [7, 11) is 1.80. The van der Waals surface area contributed by atoms with E-state index in [9.17, 15) is 0 Å². The van der Waals surface area contributed by atoms with E-state index in [0.717, 1.165) is 45.3 Å². The maximum absolute atomic E-state index is 5.33. The number of hydrogen-bond acceptors (Lipinski definition) is 4. The Morgan fingerprint density at radius 1 is 1.31 bits per heavy atom. The monoisotopic (exact) mass is 378 g/mol. The lowest BCUT2D eigenvalue weighted by Gasteiger charge is -2.32. The van der Waals surface area contributed by atoms with E-state index in [2.05, 4.69) is 39.6 Å². The van der Waals surface area contributed by atoms with Gasteiger partial charge in [-0.25, -0.2) is 0 Å². The van der Waals surface area contributed by atoms with Crippen molar-refractivity contribution in [3.05, 3.63) is 22.4 Å². The normalized spacial score (nSPS) is 25.0.